The van der Waals surface area contributed by atoms with Crippen LogP contribution >= 0.6 is 11.8 Å². The Balaban J connectivity index is 1.40. The summed E-state index contributed by atoms with van der Waals surface area (Å²) in [4.78, 5) is 4.54. The van der Waals surface area contributed by atoms with Gasteiger partial charge in [0.2, 0.25) is 5.89 Å². The standard InChI is InChI=1S/C25H21N5O2S/c1-31-21-14-8-11-19(16-21)24-27-28-25(30(24)20-12-6-3-7-13-20)33-17-23-26-22(29-32-23)15-18-9-4-2-5-10-18/h2-14,16H,15,17H2,1H3. The average molecular weight is 456 g/mol. The molecule has 33 heavy (non-hydrogen) atoms. The Morgan fingerprint density at radius 1 is 0.909 bits per heavy atom. The summed E-state index contributed by atoms with van der Waals surface area (Å²) in [6.07, 6.45) is 0.634. The van der Waals surface area contributed by atoms with Crippen LogP contribution in [0.5, 0.6) is 5.75 Å². The minimum Gasteiger partial charge on any atom is -0.497 e. The number of hydrogen-bond acceptors (Lipinski definition) is 7. The van der Waals surface area contributed by atoms with Crippen molar-refractivity contribution in [2.24, 2.45) is 0 Å². The van der Waals surface area contributed by atoms with E-state index in [4.69, 9.17) is 9.26 Å². The molecule has 0 bridgehead atoms. The van der Waals surface area contributed by atoms with Crippen molar-refractivity contribution >= 4 is 11.8 Å². The fraction of sp³-hybridized carbons (Fsp3) is 0.120. The second-order valence-electron chi connectivity index (χ2n) is 7.26. The van der Waals surface area contributed by atoms with Gasteiger partial charge >= 0.3 is 0 Å². The monoisotopic (exact) mass is 455 g/mol. The van der Waals surface area contributed by atoms with E-state index in [0.717, 1.165) is 33.5 Å². The van der Waals surface area contributed by atoms with Crippen molar-refractivity contribution < 1.29 is 9.26 Å². The molecule has 7 nitrogen and oxygen atoms in total. The zero-order valence-electron chi connectivity index (χ0n) is 18.0. The van der Waals surface area contributed by atoms with Crippen LogP contribution < -0.4 is 4.74 Å². The van der Waals surface area contributed by atoms with Gasteiger partial charge < -0.3 is 9.26 Å². The number of hydrogen-bond donors (Lipinski definition) is 0. The van der Waals surface area contributed by atoms with Gasteiger partial charge in [-0.15, -0.1) is 10.2 Å². The number of ether oxygens (including phenoxy) is 1. The lowest BCUT2D eigenvalue weighted by Gasteiger charge is -2.10. The topological polar surface area (TPSA) is 78.9 Å². The third-order valence-electron chi connectivity index (χ3n) is 5.02. The predicted octanol–water partition coefficient (Wildman–Crippen LogP) is 5.21. The quantitative estimate of drug-likeness (QED) is 0.297. The zero-order chi connectivity index (χ0) is 22.5. The second-order valence-corrected chi connectivity index (χ2v) is 8.21. The van der Waals surface area contributed by atoms with Crippen molar-refractivity contribution in [1.82, 2.24) is 24.9 Å². The molecule has 0 radical (unpaired) electrons. The Hall–Kier alpha value is -3.91. The maximum absolute atomic E-state index is 5.47. The third-order valence-corrected chi connectivity index (χ3v) is 5.93. The molecule has 0 amide bonds. The number of nitrogens with zero attached hydrogens (tertiary/aromatic N) is 5. The van der Waals surface area contributed by atoms with E-state index in [1.807, 2.05) is 89.5 Å². The van der Waals surface area contributed by atoms with Crippen LogP contribution in [0.1, 0.15) is 17.3 Å². The van der Waals surface area contributed by atoms with E-state index >= 15 is 0 Å². The third kappa shape index (κ3) is 4.80. The van der Waals surface area contributed by atoms with Crippen LogP contribution in [0.4, 0.5) is 0 Å². The summed E-state index contributed by atoms with van der Waals surface area (Å²) < 4.78 is 12.9. The first-order chi connectivity index (χ1) is 16.3. The molecule has 3 aromatic carbocycles. The minimum atomic E-state index is 0.491. The van der Waals surface area contributed by atoms with Crippen molar-refractivity contribution in [3.05, 3.63) is 102 Å². The maximum Gasteiger partial charge on any atom is 0.237 e. The number of aromatic nitrogens is 5. The molecule has 0 spiro atoms. The molecule has 164 valence electrons. The molecule has 0 aliphatic rings. The highest BCUT2D eigenvalue weighted by molar-refractivity contribution is 7.98. The maximum atomic E-state index is 5.47. The highest BCUT2D eigenvalue weighted by Crippen LogP contribution is 2.30. The first kappa shape index (κ1) is 21.0. The van der Waals surface area contributed by atoms with E-state index in [-0.39, 0.29) is 0 Å². The molecule has 0 saturated carbocycles. The number of methoxy groups -OCH3 is 1. The van der Waals surface area contributed by atoms with Gasteiger partial charge in [-0.25, -0.2) is 0 Å². The lowest BCUT2D eigenvalue weighted by atomic mass is 10.1. The SMILES string of the molecule is COc1cccc(-c2nnc(SCc3nc(Cc4ccccc4)no3)n2-c2ccccc2)c1. The fourth-order valence-electron chi connectivity index (χ4n) is 3.45. The van der Waals surface area contributed by atoms with Gasteiger partial charge in [0.25, 0.3) is 0 Å². The molecule has 0 aliphatic heterocycles. The molecule has 0 atom stereocenters. The summed E-state index contributed by atoms with van der Waals surface area (Å²) in [6, 6.07) is 27.9. The van der Waals surface area contributed by atoms with Crippen LogP contribution in [-0.2, 0) is 12.2 Å². The molecule has 5 aromatic rings. The fourth-order valence-corrected chi connectivity index (χ4v) is 4.24. The molecule has 0 N–H and O–H groups in total. The molecular weight excluding hydrogens is 434 g/mol. The van der Waals surface area contributed by atoms with Crippen molar-refractivity contribution in [3.8, 4) is 22.8 Å². The first-order valence-corrected chi connectivity index (χ1v) is 11.4. The summed E-state index contributed by atoms with van der Waals surface area (Å²) in [7, 11) is 1.65. The predicted molar refractivity (Wildman–Crippen MR) is 126 cm³/mol. The van der Waals surface area contributed by atoms with E-state index in [1.165, 1.54) is 11.8 Å². The van der Waals surface area contributed by atoms with E-state index in [2.05, 4.69) is 20.3 Å². The van der Waals surface area contributed by atoms with Gasteiger partial charge in [-0.2, -0.15) is 4.98 Å². The van der Waals surface area contributed by atoms with Gasteiger partial charge in [-0.1, -0.05) is 77.6 Å². The Bertz CT molecular complexity index is 1340. The summed E-state index contributed by atoms with van der Waals surface area (Å²) >= 11 is 1.50. The van der Waals surface area contributed by atoms with Crippen molar-refractivity contribution in [2.45, 2.75) is 17.3 Å². The van der Waals surface area contributed by atoms with Crippen LogP contribution in [0.3, 0.4) is 0 Å². The van der Waals surface area contributed by atoms with E-state index < -0.39 is 0 Å². The molecule has 8 heteroatoms. The first-order valence-electron chi connectivity index (χ1n) is 10.4. The van der Waals surface area contributed by atoms with Gasteiger partial charge in [0.1, 0.15) is 5.75 Å². The molecule has 0 aliphatic carbocycles. The smallest absolute Gasteiger partial charge is 0.237 e. The molecule has 2 heterocycles. The Morgan fingerprint density at radius 2 is 1.70 bits per heavy atom. The Labute approximate surface area is 195 Å². The van der Waals surface area contributed by atoms with Crippen molar-refractivity contribution in [2.75, 3.05) is 7.11 Å². The van der Waals surface area contributed by atoms with Gasteiger partial charge in [-0.3, -0.25) is 4.57 Å². The van der Waals surface area contributed by atoms with Gasteiger partial charge in [-0.05, 0) is 29.8 Å². The number of thioether (sulfide) groups is 1. The molecule has 0 saturated heterocycles. The lowest BCUT2D eigenvalue weighted by Crippen LogP contribution is -2.00. The minimum absolute atomic E-state index is 0.491. The second kappa shape index (κ2) is 9.70. The van der Waals surface area contributed by atoms with E-state index in [9.17, 15) is 0 Å². The molecule has 5 rings (SSSR count). The summed E-state index contributed by atoms with van der Waals surface area (Å²) in [5.41, 5.74) is 3.03. The van der Waals surface area contributed by atoms with Crippen molar-refractivity contribution in [3.63, 3.8) is 0 Å². The van der Waals surface area contributed by atoms with Crippen molar-refractivity contribution in [1.29, 1.82) is 0 Å². The average Bonchev–Trinajstić information content (AvgIpc) is 3.51. The van der Waals surface area contributed by atoms with Crippen LogP contribution in [0, 0.1) is 0 Å². The van der Waals surface area contributed by atoms with Crippen LogP contribution in [0.25, 0.3) is 17.1 Å². The molecular formula is C25H21N5O2S. The summed E-state index contributed by atoms with van der Waals surface area (Å²) in [6.45, 7) is 0. The normalized spacial score (nSPS) is 10.9. The van der Waals surface area contributed by atoms with Gasteiger partial charge in [0, 0.05) is 17.7 Å². The summed E-state index contributed by atoms with van der Waals surface area (Å²) in [5.74, 6) is 3.21. The molecule has 0 fully saturated rings. The molecule has 0 unspecified atom stereocenters. The van der Waals surface area contributed by atoms with Crippen LogP contribution in [0.2, 0.25) is 0 Å². The van der Waals surface area contributed by atoms with E-state index in [1.54, 1.807) is 7.11 Å². The van der Waals surface area contributed by atoms with Gasteiger partial charge in [0.05, 0.1) is 12.9 Å². The van der Waals surface area contributed by atoms with Crippen LogP contribution in [0.15, 0.2) is 94.6 Å². The number of benzene rings is 3. The van der Waals surface area contributed by atoms with E-state index in [0.29, 0.717) is 23.9 Å². The number of rotatable bonds is 8. The highest BCUT2D eigenvalue weighted by Gasteiger charge is 2.18. The highest BCUT2D eigenvalue weighted by atomic mass is 32.2. The number of para-hydroxylation sites is 1. The summed E-state index contributed by atoms with van der Waals surface area (Å²) in [5, 5.41) is 13.8. The largest absolute Gasteiger partial charge is 0.497 e. The lowest BCUT2D eigenvalue weighted by molar-refractivity contribution is 0.385. The molecule has 2 aromatic heterocycles. The Kier molecular flexibility index (Phi) is 6.16. The van der Waals surface area contributed by atoms with Crippen LogP contribution in [-0.4, -0.2) is 32.0 Å². The van der Waals surface area contributed by atoms with Gasteiger partial charge in [0.15, 0.2) is 16.8 Å². The zero-order valence-corrected chi connectivity index (χ0v) is 18.8. The Morgan fingerprint density at radius 3 is 2.48 bits per heavy atom.